The molecule has 1 unspecified atom stereocenters. The van der Waals surface area contributed by atoms with E-state index in [2.05, 4.69) is 50.8 Å². The quantitative estimate of drug-likeness (QED) is 0.0865. The number of benzene rings is 3. The maximum atomic E-state index is 14.1. The zero-order valence-corrected chi connectivity index (χ0v) is 35.9. The molecule has 2 aromatic heterocycles. The standard InChI is InChI=1S/C45H50ClN7O7S/c1-45(2)19-17-33(38(28-45)31-11-13-34(46)14-12-31)30-50-22-24-51(25-23-50)35-15-16-37(40(27-35)60-52-21-18-32-7-6-20-47-43(32)52)44(54)49-61(57,58)41-10-5-9-39(53(55)56)42(41)48-29-36-8-3-4-26-59-36/h5-7,9-16,18,20-21,27,36,48H,3-4,8,17,19,22-26,28-30H2,1-2H3,(H,49,54). The highest BCUT2D eigenvalue weighted by Crippen LogP contribution is 2.43. The Kier molecular flexibility index (Phi) is 12.4. The van der Waals surface area contributed by atoms with Crippen molar-refractivity contribution in [1.29, 1.82) is 0 Å². The fourth-order valence-corrected chi connectivity index (χ4v) is 9.77. The van der Waals surface area contributed by atoms with Crippen molar-refractivity contribution in [2.75, 3.05) is 56.1 Å². The van der Waals surface area contributed by atoms with Crippen LogP contribution in [0.4, 0.5) is 17.1 Å². The smallest absolute Gasteiger partial charge is 0.293 e. The third-order valence-corrected chi connectivity index (χ3v) is 13.5. The van der Waals surface area contributed by atoms with Gasteiger partial charge in [-0.25, -0.2) is 18.1 Å². The second-order valence-corrected chi connectivity index (χ2v) is 18.8. The van der Waals surface area contributed by atoms with Crippen LogP contribution in [0.5, 0.6) is 5.75 Å². The molecule has 1 atom stereocenters. The normalized spacial score (nSPS) is 18.5. The van der Waals surface area contributed by atoms with Crippen molar-refractivity contribution in [3.63, 3.8) is 0 Å². The van der Waals surface area contributed by atoms with Gasteiger partial charge in [0.2, 0.25) is 0 Å². The maximum Gasteiger partial charge on any atom is 0.293 e. The number of pyridine rings is 1. The number of fused-ring (bicyclic) bond motifs is 1. The molecule has 14 nitrogen and oxygen atoms in total. The number of halogens is 1. The van der Waals surface area contributed by atoms with Gasteiger partial charge in [0.05, 0.1) is 16.6 Å². The number of aromatic nitrogens is 2. The number of carbonyl (C=O) groups is 1. The Hall–Kier alpha value is -5.48. The lowest BCUT2D eigenvalue weighted by atomic mass is 9.72. The van der Waals surface area contributed by atoms with E-state index in [9.17, 15) is 23.3 Å². The van der Waals surface area contributed by atoms with Gasteiger partial charge in [-0.1, -0.05) is 49.2 Å². The average Bonchev–Trinajstić information content (AvgIpc) is 3.66. The Labute approximate surface area is 360 Å². The predicted molar refractivity (Wildman–Crippen MR) is 237 cm³/mol. The molecule has 4 heterocycles. The van der Waals surface area contributed by atoms with E-state index in [1.165, 1.54) is 39.6 Å². The molecule has 0 bridgehead atoms. The molecule has 16 heteroatoms. The first-order chi connectivity index (χ1) is 29.3. The molecule has 3 aromatic carbocycles. The van der Waals surface area contributed by atoms with Gasteiger partial charge in [-0.05, 0) is 104 Å². The lowest BCUT2D eigenvalue weighted by Crippen LogP contribution is -2.47. The molecule has 1 amide bonds. The largest absolute Gasteiger partial charge is 0.376 e. The Bertz CT molecular complexity index is 2560. The van der Waals surface area contributed by atoms with E-state index in [0.29, 0.717) is 12.3 Å². The van der Waals surface area contributed by atoms with Crippen LogP contribution in [0.25, 0.3) is 16.6 Å². The van der Waals surface area contributed by atoms with Crippen molar-refractivity contribution in [3.05, 3.63) is 123 Å². The lowest BCUT2D eigenvalue weighted by molar-refractivity contribution is -0.384. The van der Waals surface area contributed by atoms with Crippen LogP contribution >= 0.6 is 11.6 Å². The van der Waals surface area contributed by atoms with Gasteiger partial charge in [0.1, 0.15) is 10.6 Å². The molecule has 8 rings (SSSR count). The Morgan fingerprint density at radius 3 is 2.59 bits per heavy atom. The van der Waals surface area contributed by atoms with Crippen molar-refractivity contribution in [2.24, 2.45) is 5.41 Å². The summed E-state index contributed by atoms with van der Waals surface area (Å²) in [5, 5.41) is 16.6. The van der Waals surface area contributed by atoms with Crippen LogP contribution in [-0.2, 0) is 14.8 Å². The first kappa shape index (κ1) is 42.2. The lowest BCUT2D eigenvalue weighted by Gasteiger charge is -2.39. The van der Waals surface area contributed by atoms with Gasteiger partial charge in [0.15, 0.2) is 11.4 Å². The minimum Gasteiger partial charge on any atom is -0.376 e. The number of ether oxygens (including phenoxy) is 1. The van der Waals surface area contributed by atoms with Crippen molar-refractivity contribution < 1.29 is 27.7 Å². The van der Waals surface area contributed by atoms with E-state index < -0.39 is 31.4 Å². The predicted octanol–water partition coefficient (Wildman–Crippen LogP) is 8.33. The highest BCUT2D eigenvalue weighted by atomic mass is 35.5. The molecule has 3 aliphatic rings. The number of nitrogens with one attached hydrogen (secondary N) is 2. The summed E-state index contributed by atoms with van der Waals surface area (Å²) < 4.78 is 37.4. The number of sulfonamides is 1. The Morgan fingerprint density at radius 2 is 1.84 bits per heavy atom. The molecule has 2 fully saturated rings. The summed E-state index contributed by atoms with van der Waals surface area (Å²) >= 11 is 6.24. The number of anilines is 2. The minimum atomic E-state index is -4.65. The molecule has 0 saturated carbocycles. The van der Waals surface area contributed by atoms with Crippen LogP contribution in [0, 0.1) is 15.5 Å². The molecular weight excluding hydrogens is 818 g/mol. The summed E-state index contributed by atoms with van der Waals surface area (Å²) in [5.41, 5.74) is 4.92. The van der Waals surface area contributed by atoms with Gasteiger partial charge < -0.3 is 19.8 Å². The van der Waals surface area contributed by atoms with Gasteiger partial charge in [-0.3, -0.25) is 19.8 Å². The van der Waals surface area contributed by atoms with E-state index in [1.54, 1.807) is 36.7 Å². The summed E-state index contributed by atoms with van der Waals surface area (Å²) in [4.78, 5) is 40.6. The first-order valence-electron chi connectivity index (χ1n) is 20.7. The van der Waals surface area contributed by atoms with Crippen LogP contribution in [0.3, 0.4) is 0 Å². The SMILES string of the molecule is CC1(C)CCC(CN2CCN(c3ccc(C(=O)NS(=O)(=O)c4cccc([N+](=O)[O-])c4NCC4CCCCO4)c(On4ccc5cccnc54)c3)CC2)=C(c2ccc(Cl)cc2)C1. The second kappa shape index (κ2) is 17.9. The number of hydrogen-bond donors (Lipinski definition) is 2. The zero-order chi connectivity index (χ0) is 42.7. The molecule has 61 heavy (non-hydrogen) atoms. The summed E-state index contributed by atoms with van der Waals surface area (Å²) in [6.45, 7) is 9.34. The molecule has 0 spiro atoms. The molecule has 5 aromatic rings. The molecule has 2 saturated heterocycles. The number of piperazine rings is 1. The Balaban J connectivity index is 1.04. The summed E-state index contributed by atoms with van der Waals surface area (Å²) in [5.74, 6) is -0.866. The van der Waals surface area contributed by atoms with E-state index in [0.717, 1.165) is 87.3 Å². The molecule has 320 valence electrons. The van der Waals surface area contributed by atoms with Crippen LogP contribution in [0.15, 0.2) is 102 Å². The number of nitrogens with zero attached hydrogens (tertiary/aromatic N) is 5. The Morgan fingerprint density at radius 1 is 1.03 bits per heavy atom. The molecule has 1 aliphatic carbocycles. The molecule has 2 N–H and O–H groups in total. The highest BCUT2D eigenvalue weighted by molar-refractivity contribution is 7.90. The van der Waals surface area contributed by atoms with Gasteiger partial charge in [0.25, 0.3) is 21.6 Å². The summed E-state index contributed by atoms with van der Waals surface area (Å²) in [6.07, 6.45) is 8.84. The number of carbonyl (C=O) groups excluding carboxylic acids is 1. The van der Waals surface area contributed by atoms with E-state index in [4.69, 9.17) is 21.2 Å². The van der Waals surface area contributed by atoms with Gasteiger partial charge in [0, 0.05) is 86.5 Å². The monoisotopic (exact) mass is 867 g/mol. The van der Waals surface area contributed by atoms with E-state index in [1.807, 2.05) is 24.3 Å². The van der Waals surface area contributed by atoms with Gasteiger partial charge in [-0.2, -0.15) is 4.73 Å². The van der Waals surface area contributed by atoms with Gasteiger partial charge >= 0.3 is 0 Å². The fraction of sp³-hybridized carbons (Fsp3) is 0.378. The molecule has 0 radical (unpaired) electrons. The number of hydrogen-bond acceptors (Lipinski definition) is 11. The number of para-hydroxylation sites is 1. The number of nitro groups is 1. The fourth-order valence-electron chi connectivity index (χ4n) is 8.48. The van der Waals surface area contributed by atoms with Crippen LogP contribution < -0.4 is 19.8 Å². The van der Waals surface area contributed by atoms with Crippen molar-refractivity contribution in [2.45, 2.75) is 63.4 Å². The van der Waals surface area contributed by atoms with E-state index >= 15 is 0 Å². The molecule has 2 aliphatic heterocycles. The van der Waals surface area contributed by atoms with Crippen LogP contribution in [0.1, 0.15) is 68.3 Å². The van der Waals surface area contributed by atoms with Crippen molar-refractivity contribution in [3.8, 4) is 5.75 Å². The minimum absolute atomic E-state index is 0.0545. The average molecular weight is 868 g/mol. The summed E-state index contributed by atoms with van der Waals surface area (Å²) in [7, 11) is -4.65. The van der Waals surface area contributed by atoms with Crippen molar-refractivity contribution >= 4 is 61.2 Å². The highest BCUT2D eigenvalue weighted by Gasteiger charge is 2.32. The zero-order valence-electron chi connectivity index (χ0n) is 34.3. The third-order valence-electron chi connectivity index (χ3n) is 11.8. The number of amides is 1. The number of rotatable bonds is 13. The number of allylic oxidation sites excluding steroid dienone is 1. The van der Waals surface area contributed by atoms with Crippen LogP contribution in [-0.4, -0.2) is 85.8 Å². The second-order valence-electron chi connectivity index (χ2n) is 16.7. The van der Waals surface area contributed by atoms with Gasteiger partial charge in [-0.15, -0.1) is 0 Å². The topological polar surface area (TPSA) is 161 Å². The molecular formula is C45H50ClN7O7S. The number of nitro benzene ring substituents is 1. The van der Waals surface area contributed by atoms with Crippen molar-refractivity contribution in [1.82, 2.24) is 19.3 Å². The summed E-state index contributed by atoms with van der Waals surface area (Å²) in [6, 6.07) is 22.5. The maximum absolute atomic E-state index is 14.1. The van der Waals surface area contributed by atoms with E-state index in [-0.39, 0.29) is 35.1 Å². The first-order valence-corrected chi connectivity index (χ1v) is 22.6. The third kappa shape index (κ3) is 9.70. The van der Waals surface area contributed by atoms with Crippen LogP contribution in [0.2, 0.25) is 5.02 Å².